The lowest BCUT2D eigenvalue weighted by molar-refractivity contribution is -0.118. The Morgan fingerprint density at radius 1 is 1.64 bits per heavy atom. The van der Waals surface area contributed by atoms with Gasteiger partial charge in [0.15, 0.2) is 0 Å². The lowest BCUT2D eigenvalue weighted by Crippen LogP contribution is -2.26. The van der Waals surface area contributed by atoms with Crippen molar-refractivity contribution in [1.82, 2.24) is 15.3 Å². The van der Waals surface area contributed by atoms with Crippen molar-refractivity contribution in [3.05, 3.63) is 12.3 Å². The van der Waals surface area contributed by atoms with Crippen molar-refractivity contribution in [2.45, 2.75) is 0 Å². The van der Waals surface area contributed by atoms with E-state index in [4.69, 9.17) is 4.74 Å². The standard InChI is InChI=1S/C8H12N4O2/c1-9-6(13)5-11-8-10-4-3-7(12-8)14-2/h3-4H,5H2,1-2H3,(H,9,13)(H,10,11,12). The van der Waals surface area contributed by atoms with Crippen LogP contribution >= 0.6 is 0 Å². The number of amides is 1. The van der Waals surface area contributed by atoms with Crippen LogP contribution in [0.4, 0.5) is 5.95 Å². The van der Waals surface area contributed by atoms with E-state index in [-0.39, 0.29) is 12.5 Å². The normalized spacial score (nSPS) is 9.29. The molecule has 2 N–H and O–H groups in total. The number of methoxy groups -OCH3 is 1. The summed E-state index contributed by atoms with van der Waals surface area (Å²) in [6.45, 7) is 0.143. The van der Waals surface area contributed by atoms with Crippen LogP contribution in [0.1, 0.15) is 0 Å². The van der Waals surface area contributed by atoms with Crippen LogP contribution < -0.4 is 15.4 Å². The van der Waals surface area contributed by atoms with Crippen molar-refractivity contribution < 1.29 is 9.53 Å². The zero-order chi connectivity index (χ0) is 10.4. The SMILES string of the molecule is CNC(=O)CNc1nccc(OC)n1. The Labute approximate surface area is 81.7 Å². The maximum Gasteiger partial charge on any atom is 0.239 e. The van der Waals surface area contributed by atoms with Crippen molar-refractivity contribution >= 4 is 11.9 Å². The van der Waals surface area contributed by atoms with Crippen LogP contribution in [0.3, 0.4) is 0 Å². The minimum atomic E-state index is -0.128. The third-order valence-electron chi connectivity index (χ3n) is 1.53. The Bertz CT molecular complexity index is 316. The molecule has 0 spiro atoms. The summed E-state index contributed by atoms with van der Waals surface area (Å²) in [6, 6.07) is 1.63. The second-order valence-electron chi connectivity index (χ2n) is 2.45. The molecule has 1 aromatic rings. The van der Waals surface area contributed by atoms with Gasteiger partial charge in [-0.15, -0.1) is 0 Å². The average molecular weight is 196 g/mol. The molecule has 0 aliphatic rings. The van der Waals surface area contributed by atoms with E-state index in [0.717, 1.165) is 0 Å². The molecule has 1 amide bonds. The fourth-order valence-electron chi connectivity index (χ4n) is 0.789. The predicted octanol–water partition coefficient (Wildman–Crippen LogP) is -0.357. The molecule has 0 unspecified atom stereocenters. The monoisotopic (exact) mass is 196 g/mol. The molecule has 0 atom stereocenters. The molecular weight excluding hydrogens is 184 g/mol. The van der Waals surface area contributed by atoms with Crippen molar-refractivity contribution in [2.24, 2.45) is 0 Å². The molecule has 0 bridgehead atoms. The maximum absolute atomic E-state index is 10.9. The van der Waals surface area contributed by atoms with Crippen LogP contribution in [-0.4, -0.2) is 36.6 Å². The van der Waals surface area contributed by atoms with Gasteiger partial charge in [-0.3, -0.25) is 4.79 Å². The summed E-state index contributed by atoms with van der Waals surface area (Å²) in [7, 11) is 3.08. The Morgan fingerprint density at radius 3 is 3.07 bits per heavy atom. The molecule has 0 aliphatic heterocycles. The van der Waals surface area contributed by atoms with E-state index in [1.165, 1.54) is 7.11 Å². The number of likely N-dealkylation sites (N-methyl/N-ethyl adjacent to an activating group) is 1. The van der Waals surface area contributed by atoms with E-state index in [1.807, 2.05) is 0 Å². The first-order valence-corrected chi connectivity index (χ1v) is 4.07. The molecule has 0 aromatic carbocycles. The highest BCUT2D eigenvalue weighted by atomic mass is 16.5. The smallest absolute Gasteiger partial charge is 0.239 e. The van der Waals surface area contributed by atoms with E-state index in [1.54, 1.807) is 19.3 Å². The third kappa shape index (κ3) is 2.89. The summed E-state index contributed by atoms with van der Waals surface area (Å²) < 4.78 is 4.90. The number of rotatable bonds is 4. The maximum atomic E-state index is 10.9. The summed E-state index contributed by atoms with van der Waals surface area (Å²) >= 11 is 0. The molecule has 6 heteroatoms. The molecule has 0 aliphatic carbocycles. The molecule has 0 fully saturated rings. The molecule has 76 valence electrons. The zero-order valence-electron chi connectivity index (χ0n) is 8.07. The number of ether oxygens (including phenoxy) is 1. The van der Waals surface area contributed by atoms with Crippen LogP contribution in [0.25, 0.3) is 0 Å². The average Bonchev–Trinajstić information content (AvgIpc) is 2.26. The van der Waals surface area contributed by atoms with E-state index >= 15 is 0 Å². The van der Waals surface area contributed by atoms with Crippen LogP contribution in [0.5, 0.6) is 5.88 Å². The number of nitrogens with one attached hydrogen (secondary N) is 2. The van der Waals surface area contributed by atoms with Gasteiger partial charge in [0.05, 0.1) is 13.7 Å². The summed E-state index contributed by atoms with van der Waals surface area (Å²) in [5.74, 6) is 0.698. The number of hydrogen-bond acceptors (Lipinski definition) is 5. The quantitative estimate of drug-likeness (QED) is 0.688. The molecule has 1 rings (SSSR count). The van der Waals surface area contributed by atoms with Crippen LogP contribution in [0.15, 0.2) is 12.3 Å². The molecule has 0 saturated heterocycles. The molecule has 1 aromatic heterocycles. The number of carbonyl (C=O) groups excluding carboxylic acids is 1. The molecule has 14 heavy (non-hydrogen) atoms. The zero-order valence-corrected chi connectivity index (χ0v) is 8.07. The second kappa shape index (κ2) is 5.00. The van der Waals surface area contributed by atoms with Gasteiger partial charge in [0.1, 0.15) is 0 Å². The Kier molecular flexibility index (Phi) is 3.66. The van der Waals surface area contributed by atoms with Gasteiger partial charge < -0.3 is 15.4 Å². The fourth-order valence-corrected chi connectivity index (χ4v) is 0.789. The summed E-state index contributed by atoms with van der Waals surface area (Å²) in [5.41, 5.74) is 0. The van der Waals surface area contributed by atoms with Gasteiger partial charge in [0.25, 0.3) is 0 Å². The van der Waals surface area contributed by atoms with Gasteiger partial charge in [-0.25, -0.2) is 4.98 Å². The first-order valence-electron chi connectivity index (χ1n) is 4.07. The number of aromatic nitrogens is 2. The highest BCUT2D eigenvalue weighted by Gasteiger charge is 2.00. The highest BCUT2D eigenvalue weighted by molar-refractivity contribution is 5.79. The van der Waals surface area contributed by atoms with Gasteiger partial charge in [0.2, 0.25) is 17.7 Å². The van der Waals surface area contributed by atoms with E-state index in [2.05, 4.69) is 20.6 Å². The minimum absolute atomic E-state index is 0.128. The molecule has 0 radical (unpaired) electrons. The lowest BCUT2D eigenvalue weighted by Gasteiger charge is -2.04. The van der Waals surface area contributed by atoms with Gasteiger partial charge in [0, 0.05) is 19.3 Å². The van der Waals surface area contributed by atoms with Gasteiger partial charge >= 0.3 is 0 Å². The van der Waals surface area contributed by atoms with Crippen molar-refractivity contribution in [1.29, 1.82) is 0 Å². The van der Waals surface area contributed by atoms with Crippen molar-refractivity contribution in [3.63, 3.8) is 0 Å². The van der Waals surface area contributed by atoms with Crippen LogP contribution in [-0.2, 0) is 4.79 Å². The Balaban J connectivity index is 2.54. The lowest BCUT2D eigenvalue weighted by atomic mass is 10.6. The minimum Gasteiger partial charge on any atom is -0.481 e. The van der Waals surface area contributed by atoms with Crippen LogP contribution in [0.2, 0.25) is 0 Å². The largest absolute Gasteiger partial charge is 0.481 e. The number of anilines is 1. The Morgan fingerprint density at radius 2 is 2.43 bits per heavy atom. The van der Waals surface area contributed by atoms with Crippen molar-refractivity contribution in [3.8, 4) is 5.88 Å². The van der Waals surface area contributed by atoms with E-state index in [0.29, 0.717) is 11.8 Å². The number of carbonyl (C=O) groups is 1. The topological polar surface area (TPSA) is 76.1 Å². The first kappa shape index (κ1) is 10.2. The predicted molar refractivity (Wildman–Crippen MR) is 51.1 cm³/mol. The third-order valence-corrected chi connectivity index (χ3v) is 1.53. The highest BCUT2D eigenvalue weighted by Crippen LogP contribution is 2.06. The van der Waals surface area contributed by atoms with E-state index < -0.39 is 0 Å². The fraction of sp³-hybridized carbons (Fsp3) is 0.375. The van der Waals surface area contributed by atoms with Gasteiger partial charge in [-0.05, 0) is 0 Å². The molecule has 1 heterocycles. The molecule has 6 nitrogen and oxygen atoms in total. The molecular formula is C8H12N4O2. The summed E-state index contributed by atoms with van der Waals surface area (Å²) in [4.78, 5) is 18.8. The van der Waals surface area contributed by atoms with Gasteiger partial charge in [-0.1, -0.05) is 0 Å². The molecule has 0 saturated carbocycles. The summed E-state index contributed by atoms with van der Waals surface area (Å²) in [5, 5.41) is 5.23. The van der Waals surface area contributed by atoms with Crippen LogP contribution in [0, 0.1) is 0 Å². The van der Waals surface area contributed by atoms with Gasteiger partial charge in [-0.2, -0.15) is 4.98 Å². The number of nitrogens with zero attached hydrogens (tertiary/aromatic N) is 2. The summed E-state index contributed by atoms with van der Waals surface area (Å²) in [6.07, 6.45) is 1.55. The number of hydrogen-bond donors (Lipinski definition) is 2. The Hall–Kier alpha value is -1.85. The van der Waals surface area contributed by atoms with Crippen molar-refractivity contribution in [2.75, 3.05) is 26.0 Å². The first-order chi connectivity index (χ1) is 6.76. The second-order valence-corrected chi connectivity index (χ2v) is 2.45. The van der Waals surface area contributed by atoms with E-state index in [9.17, 15) is 4.79 Å².